The largest absolute Gasteiger partial charge is 0.418 e. The first-order valence-corrected chi connectivity index (χ1v) is 5.34. The van der Waals surface area contributed by atoms with E-state index in [2.05, 4.69) is 10.3 Å². The minimum Gasteiger partial charge on any atom is -0.381 e. The molecule has 0 aliphatic rings. The van der Waals surface area contributed by atoms with Crippen molar-refractivity contribution in [3.05, 3.63) is 47.5 Å². The van der Waals surface area contributed by atoms with Crippen molar-refractivity contribution in [3.63, 3.8) is 0 Å². The van der Waals surface area contributed by atoms with Gasteiger partial charge < -0.3 is 11.1 Å². The van der Waals surface area contributed by atoms with Crippen LogP contribution in [0.3, 0.4) is 0 Å². The monoisotopic (exact) mass is 289 g/mol. The zero-order chi connectivity index (χ0) is 14.9. The molecule has 0 spiro atoms. The topological polar surface area (TPSA) is 50.9 Å². The third kappa shape index (κ3) is 2.79. The summed E-state index contributed by atoms with van der Waals surface area (Å²) >= 11 is 0. The first-order chi connectivity index (χ1) is 9.29. The Balaban J connectivity index is 2.43. The van der Waals surface area contributed by atoms with Crippen molar-refractivity contribution in [3.8, 4) is 0 Å². The highest BCUT2D eigenvalue weighted by atomic mass is 19.4. The van der Waals surface area contributed by atoms with Gasteiger partial charge in [-0.05, 0) is 12.1 Å². The van der Waals surface area contributed by atoms with Crippen LogP contribution in [0.25, 0.3) is 0 Å². The van der Waals surface area contributed by atoms with Gasteiger partial charge in [0, 0.05) is 6.07 Å². The number of alkyl halides is 3. The second kappa shape index (κ2) is 4.95. The van der Waals surface area contributed by atoms with Gasteiger partial charge in [0.25, 0.3) is 0 Å². The number of nitrogens with zero attached hydrogens (tertiary/aromatic N) is 1. The first kappa shape index (κ1) is 14.0. The molecule has 8 heteroatoms. The molecule has 1 heterocycles. The van der Waals surface area contributed by atoms with Crippen molar-refractivity contribution in [2.75, 3.05) is 11.1 Å². The highest BCUT2D eigenvalue weighted by Crippen LogP contribution is 2.36. The molecule has 106 valence electrons. The average molecular weight is 289 g/mol. The number of nitrogen functional groups attached to an aromatic ring is 1. The quantitative estimate of drug-likeness (QED) is 0.829. The summed E-state index contributed by atoms with van der Waals surface area (Å²) in [5.74, 6) is -3.43. The number of pyridine rings is 1. The highest BCUT2D eigenvalue weighted by Gasteiger charge is 2.33. The van der Waals surface area contributed by atoms with Gasteiger partial charge in [-0.2, -0.15) is 13.2 Å². The molecule has 0 aliphatic heterocycles. The second-order valence-corrected chi connectivity index (χ2v) is 3.85. The van der Waals surface area contributed by atoms with Gasteiger partial charge in [-0.15, -0.1) is 0 Å². The summed E-state index contributed by atoms with van der Waals surface area (Å²) < 4.78 is 64.6. The lowest BCUT2D eigenvalue weighted by molar-refractivity contribution is -0.136. The minimum atomic E-state index is -4.62. The molecule has 0 saturated carbocycles. The number of halogens is 5. The summed E-state index contributed by atoms with van der Waals surface area (Å²) in [5.41, 5.74) is 3.75. The summed E-state index contributed by atoms with van der Waals surface area (Å²) in [6.07, 6.45) is -4.62. The van der Waals surface area contributed by atoms with Crippen molar-refractivity contribution < 1.29 is 22.0 Å². The Morgan fingerprint density at radius 2 is 1.70 bits per heavy atom. The van der Waals surface area contributed by atoms with Gasteiger partial charge in [0.15, 0.2) is 23.3 Å². The molecule has 1 aromatic carbocycles. The molecule has 3 nitrogen and oxygen atoms in total. The Labute approximate surface area is 110 Å². The number of anilines is 3. The normalized spacial score (nSPS) is 11.4. The molecule has 1 aromatic heterocycles. The SMILES string of the molecule is Nc1nc(Nc2ccccc2C(F)(F)F)c(F)cc1F. The Morgan fingerprint density at radius 1 is 1.05 bits per heavy atom. The van der Waals surface area contributed by atoms with E-state index < -0.39 is 40.7 Å². The van der Waals surface area contributed by atoms with Crippen LogP contribution in [0.4, 0.5) is 39.3 Å². The number of benzene rings is 1. The van der Waals surface area contributed by atoms with Crippen molar-refractivity contribution in [2.45, 2.75) is 6.18 Å². The van der Waals surface area contributed by atoms with Crippen LogP contribution in [0, 0.1) is 11.6 Å². The standard InChI is InChI=1S/C12H8F5N3/c13-7-5-8(14)11(20-10(7)18)19-9-4-2-1-3-6(9)12(15,16)17/h1-5H,(H3,18,19,20). The number of rotatable bonds is 2. The van der Waals surface area contributed by atoms with Gasteiger partial charge in [0.05, 0.1) is 11.3 Å². The van der Waals surface area contributed by atoms with Crippen LogP contribution < -0.4 is 11.1 Å². The average Bonchev–Trinajstić information content (AvgIpc) is 2.35. The molecule has 0 bridgehead atoms. The fourth-order valence-corrected chi connectivity index (χ4v) is 1.54. The fourth-order valence-electron chi connectivity index (χ4n) is 1.54. The maximum atomic E-state index is 13.4. The van der Waals surface area contributed by atoms with Crippen molar-refractivity contribution in [1.29, 1.82) is 0 Å². The smallest absolute Gasteiger partial charge is 0.381 e. The Morgan fingerprint density at radius 3 is 2.35 bits per heavy atom. The van der Waals surface area contributed by atoms with Crippen LogP contribution in [0.15, 0.2) is 30.3 Å². The molecule has 20 heavy (non-hydrogen) atoms. The van der Waals surface area contributed by atoms with E-state index in [1.54, 1.807) is 0 Å². The number of nitrogens with two attached hydrogens (primary N) is 1. The number of nitrogens with one attached hydrogen (secondary N) is 1. The Hall–Kier alpha value is -2.38. The summed E-state index contributed by atoms with van der Waals surface area (Å²) in [6.45, 7) is 0. The van der Waals surface area contributed by atoms with Gasteiger partial charge >= 0.3 is 6.18 Å². The van der Waals surface area contributed by atoms with Gasteiger partial charge in [-0.25, -0.2) is 13.8 Å². The molecule has 0 radical (unpaired) electrons. The van der Waals surface area contributed by atoms with Gasteiger partial charge in [-0.1, -0.05) is 12.1 Å². The summed E-state index contributed by atoms with van der Waals surface area (Å²) in [4.78, 5) is 3.34. The highest BCUT2D eigenvalue weighted by molar-refractivity contribution is 5.62. The Bertz CT molecular complexity index is 639. The summed E-state index contributed by atoms with van der Waals surface area (Å²) in [6, 6.07) is 4.90. The van der Waals surface area contributed by atoms with Crippen LogP contribution in [0.5, 0.6) is 0 Å². The van der Waals surface area contributed by atoms with E-state index >= 15 is 0 Å². The second-order valence-electron chi connectivity index (χ2n) is 3.85. The van der Waals surface area contributed by atoms with E-state index in [0.717, 1.165) is 12.1 Å². The molecule has 0 atom stereocenters. The summed E-state index contributed by atoms with van der Waals surface area (Å²) in [7, 11) is 0. The number of para-hydroxylation sites is 1. The lowest BCUT2D eigenvalue weighted by Crippen LogP contribution is -2.10. The molecule has 0 fully saturated rings. The zero-order valence-electron chi connectivity index (χ0n) is 9.80. The maximum absolute atomic E-state index is 13.4. The molecule has 2 aromatic rings. The third-order valence-corrected chi connectivity index (χ3v) is 2.44. The molecule has 0 unspecified atom stereocenters. The third-order valence-electron chi connectivity index (χ3n) is 2.44. The van der Waals surface area contributed by atoms with E-state index in [9.17, 15) is 22.0 Å². The molecule has 0 amide bonds. The number of aromatic nitrogens is 1. The maximum Gasteiger partial charge on any atom is 0.418 e. The predicted molar refractivity (Wildman–Crippen MR) is 63.3 cm³/mol. The molecule has 0 saturated heterocycles. The molecule has 3 N–H and O–H groups in total. The van der Waals surface area contributed by atoms with Crippen molar-refractivity contribution >= 4 is 17.3 Å². The molecule has 0 aliphatic carbocycles. The first-order valence-electron chi connectivity index (χ1n) is 5.34. The van der Waals surface area contributed by atoms with Gasteiger partial charge in [0.2, 0.25) is 0 Å². The van der Waals surface area contributed by atoms with Crippen LogP contribution >= 0.6 is 0 Å². The van der Waals surface area contributed by atoms with E-state index in [-0.39, 0.29) is 0 Å². The minimum absolute atomic E-state index is 0.405. The van der Waals surface area contributed by atoms with Crippen LogP contribution in [0.1, 0.15) is 5.56 Å². The van der Waals surface area contributed by atoms with Gasteiger partial charge in [0.1, 0.15) is 0 Å². The zero-order valence-corrected chi connectivity index (χ0v) is 9.80. The van der Waals surface area contributed by atoms with Crippen LogP contribution in [0.2, 0.25) is 0 Å². The fraction of sp³-hybridized carbons (Fsp3) is 0.0833. The van der Waals surface area contributed by atoms with E-state index in [4.69, 9.17) is 5.73 Å². The molecular weight excluding hydrogens is 281 g/mol. The van der Waals surface area contributed by atoms with E-state index in [1.807, 2.05) is 0 Å². The molecular formula is C12H8F5N3. The molecule has 2 rings (SSSR count). The number of hydrogen-bond donors (Lipinski definition) is 2. The Kier molecular flexibility index (Phi) is 3.47. The predicted octanol–water partition coefficient (Wildman–Crippen LogP) is 3.70. The lowest BCUT2D eigenvalue weighted by Gasteiger charge is -2.14. The summed E-state index contributed by atoms with van der Waals surface area (Å²) in [5, 5.41) is 2.16. The van der Waals surface area contributed by atoms with E-state index in [1.165, 1.54) is 12.1 Å². The van der Waals surface area contributed by atoms with Crippen molar-refractivity contribution in [2.24, 2.45) is 0 Å². The van der Waals surface area contributed by atoms with Crippen LogP contribution in [-0.2, 0) is 6.18 Å². The lowest BCUT2D eigenvalue weighted by atomic mass is 10.1. The van der Waals surface area contributed by atoms with E-state index in [0.29, 0.717) is 6.07 Å². The number of hydrogen-bond acceptors (Lipinski definition) is 3. The van der Waals surface area contributed by atoms with Crippen LogP contribution in [-0.4, -0.2) is 4.98 Å². The van der Waals surface area contributed by atoms with Gasteiger partial charge in [-0.3, -0.25) is 0 Å². The van der Waals surface area contributed by atoms with Crippen molar-refractivity contribution in [1.82, 2.24) is 4.98 Å².